The van der Waals surface area contributed by atoms with Crippen molar-refractivity contribution in [2.75, 3.05) is 0 Å². The van der Waals surface area contributed by atoms with Crippen LogP contribution < -0.4 is 0 Å². The Morgan fingerprint density at radius 1 is 0.444 bits per heavy atom. The molecule has 9 heavy (non-hydrogen) atoms. The Morgan fingerprint density at radius 2 is 0.444 bits per heavy atom. The van der Waals surface area contributed by atoms with Crippen molar-refractivity contribution in [2.45, 2.75) is 0 Å². The summed E-state index contributed by atoms with van der Waals surface area (Å²) in [5.41, 5.74) is 0. The van der Waals surface area contributed by atoms with Crippen LogP contribution in [0.15, 0.2) is 0 Å². The number of halogens is 8. The van der Waals surface area contributed by atoms with E-state index < -0.39 is 14.1 Å². The van der Waals surface area contributed by atoms with E-state index in [1.807, 2.05) is 0 Å². The standard InChI is InChI=1S/8FH.Ru/h8*1H;/q;;;;;;;;+8/p-8. The van der Waals surface area contributed by atoms with Crippen LogP contribution in [0, 0.1) is 0 Å². The maximum absolute atomic E-state index is 15.1. The Morgan fingerprint density at radius 3 is 0.444 bits per heavy atom. The number of hydrogen-bond acceptors (Lipinski definition) is 0. The maximum atomic E-state index is 9.93. The van der Waals surface area contributed by atoms with Gasteiger partial charge < -0.3 is 0 Å². The molecule has 0 saturated heterocycles. The third-order valence-corrected chi connectivity index (χ3v) is 0. The quantitative estimate of drug-likeness (QED) is 0.458. The summed E-state index contributed by atoms with van der Waals surface area (Å²) in [5, 5.41) is 0. The Balaban J connectivity index is 5.84. The van der Waals surface area contributed by atoms with Crippen LogP contribution in [-0.2, 0) is 14.1 Å². The molecule has 0 aromatic rings. The molecular weight excluding hydrogens is 253 g/mol. The van der Waals surface area contributed by atoms with Gasteiger partial charge in [-0.1, -0.05) is 0 Å². The van der Waals surface area contributed by atoms with Crippen molar-refractivity contribution < 1.29 is 40.6 Å². The van der Waals surface area contributed by atoms with Crippen molar-refractivity contribution in [3.63, 3.8) is 0 Å². The Labute approximate surface area is 41.6 Å². The fourth-order valence-electron chi connectivity index (χ4n) is 0. The van der Waals surface area contributed by atoms with Gasteiger partial charge >= 0.3 is 40.6 Å². The molecule has 64 valence electrons. The summed E-state index contributed by atoms with van der Waals surface area (Å²) in [5.74, 6) is 0. The van der Waals surface area contributed by atoms with Crippen LogP contribution >= 0.6 is 0 Å². The van der Waals surface area contributed by atoms with Crippen LogP contribution in [0.4, 0.5) is 26.5 Å². The van der Waals surface area contributed by atoms with Crippen LogP contribution in [0.5, 0.6) is 0 Å². The molecule has 0 nitrogen and oxygen atoms in total. The molecule has 0 saturated carbocycles. The Hall–Kier alpha value is 0.0634. The van der Waals surface area contributed by atoms with E-state index in [9.17, 15) is 26.5 Å². The van der Waals surface area contributed by atoms with E-state index in [1.165, 1.54) is 0 Å². The minimum atomic E-state index is -15.1. The SMILES string of the molecule is [F][Ru]([F])([F])([F])([F])([F])([F])[F]. The predicted molar refractivity (Wildman–Crippen MR) is 8.86 cm³/mol. The van der Waals surface area contributed by atoms with Gasteiger partial charge in [-0.2, -0.15) is 0 Å². The first kappa shape index (κ1) is 9.06. The summed E-state index contributed by atoms with van der Waals surface area (Å²) in [6.07, 6.45) is 0. The summed E-state index contributed by atoms with van der Waals surface area (Å²) < 4.78 is 79.4. The van der Waals surface area contributed by atoms with Crippen LogP contribution in [0.1, 0.15) is 0 Å². The molecule has 0 bridgehead atoms. The normalized spacial score (nSPS) is 31.1. The molecule has 0 rings (SSSR count). The molecule has 0 amide bonds. The van der Waals surface area contributed by atoms with E-state index in [0.717, 1.165) is 0 Å². The zero-order chi connectivity index (χ0) is 8.35. The molecule has 0 aromatic carbocycles. The average Bonchev–Trinajstić information content (AvgIpc) is 0.503. The van der Waals surface area contributed by atoms with Crippen LogP contribution in [0.3, 0.4) is 0 Å². The number of hydrogen-bond donors (Lipinski definition) is 0. The first-order valence-corrected chi connectivity index (χ1v) is 6.32. The summed E-state index contributed by atoms with van der Waals surface area (Å²) in [4.78, 5) is 0. The minimum absolute atomic E-state index is 9.93. The number of rotatable bonds is 0. The van der Waals surface area contributed by atoms with E-state index in [4.69, 9.17) is 0 Å². The van der Waals surface area contributed by atoms with Gasteiger partial charge in [0, 0.05) is 0 Å². The molecule has 0 fully saturated rings. The third-order valence-electron chi connectivity index (χ3n) is 0. The molecule has 0 unspecified atom stereocenters. The van der Waals surface area contributed by atoms with Gasteiger partial charge in [0.1, 0.15) is 0 Å². The monoisotopic (exact) mass is 254 g/mol. The van der Waals surface area contributed by atoms with E-state index >= 15 is 0 Å². The Kier molecular flexibility index (Phi) is 0.514. The van der Waals surface area contributed by atoms with Crippen molar-refractivity contribution in [3.8, 4) is 0 Å². The Bertz CT molecular complexity index is 139. The fourth-order valence-corrected chi connectivity index (χ4v) is 0. The van der Waals surface area contributed by atoms with Crippen molar-refractivity contribution in [1.82, 2.24) is 0 Å². The summed E-state index contributed by atoms with van der Waals surface area (Å²) >= 11 is -15.1. The van der Waals surface area contributed by atoms with Gasteiger partial charge in [-0.05, 0) is 0 Å². The molecule has 0 N–H and O–H groups in total. The van der Waals surface area contributed by atoms with E-state index in [0.29, 0.717) is 0 Å². The fraction of sp³-hybridized carbons (Fsp3) is 0. The summed E-state index contributed by atoms with van der Waals surface area (Å²) in [7, 11) is 0. The molecule has 0 atom stereocenters. The molecular formula is F8Ru. The molecule has 0 heterocycles. The van der Waals surface area contributed by atoms with Gasteiger partial charge in [0.15, 0.2) is 0 Å². The summed E-state index contributed by atoms with van der Waals surface area (Å²) in [6.45, 7) is 0. The molecule has 0 radical (unpaired) electrons. The zero-order valence-electron chi connectivity index (χ0n) is 3.38. The topological polar surface area (TPSA) is 0 Å². The summed E-state index contributed by atoms with van der Waals surface area (Å²) in [6, 6.07) is 0. The van der Waals surface area contributed by atoms with Crippen LogP contribution in [0.2, 0.25) is 0 Å². The average molecular weight is 253 g/mol. The van der Waals surface area contributed by atoms with Gasteiger partial charge in [-0.25, -0.2) is 0 Å². The first-order chi connectivity index (χ1) is 2.83. The van der Waals surface area contributed by atoms with E-state index in [-0.39, 0.29) is 0 Å². The van der Waals surface area contributed by atoms with Gasteiger partial charge in [-0.15, -0.1) is 0 Å². The van der Waals surface area contributed by atoms with Crippen molar-refractivity contribution >= 4 is 0 Å². The second-order valence-corrected chi connectivity index (χ2v) is 8.37. The van der Waals surface area contributed by atoms with Gasteiger partial charge in [0.2, 0.25) is 0 Å². The van der Waals surface area contributed by atoms with Crippen molar-refractivity contribution in [2.24, 2.45) is 0 Å². The molecule has 0 aliphatic heterocycles. The second-order valence-electron chi connectivity index (χ2n) is 1.41. The van der Waals surface area contributed by atoms with Gasteiger partial charge in [-0.3, -0.25) is 0 Å². The molecule has 0 aliphatic carbocycles. The molecule has 0 aromatic heterocycles. The van der Waals surface area contributed by atoms with Crippen molar-refractivity contribution in [1.29, 1.82) is 0 Å². The van der Waals surface area contributed by atoms with Crippen molar-refractivity contribution in [3.05, 3.63) is 0 Å². The zero-order valence-corrected chi connectivity index (χ0v) is 5.12. The second kappa shape index (κ2) is 0.511. The first-order valence-electron chi connectivity index (χ1n) is 1.07. The molecule has 0 spiro atoms. The van der Waals surface area contributed by atoms with E-state index in [1.54, 1.807) is 0 Å². The van der Waals surface area contributed by atoms with Crippen LogP contribution in [0.25, 0.3) is 0 Å². The van der Waals surface area contributed by atoms with Gasteiger partial charge in [0.05, 0.1) is 0 Å². The molecule has 9 heteroatoms. The predicted octanol–water partition coefficient (Wildman–Crippen LogP) is 3.36. The third kappa shape index (κ3) is 73800. The van der Waals surface area contributed by atoms with Crippen LogP contribution in [-0.4, -0.2) is 0 Å². The molecule has 0 aliphatic rings. The van der Waals surface area contributed by atoms with Gasteiger partial charge in [0.25, 0.3) is 0 Å². The van der Waals surface area contributed by atoms with E-state index in [2.05, 4.69) is 0 Å².